The van der Waals surface area contributed by atoms with E-state index in [1.807, 2.05) is 11.8 Å². The minimum atomic E-state index is -0.652. The summed E-state index contributed by atoms with van der Waals surface area (Å²) in [5.41, 5.74) is 6.04. The van der Waals surface area contributed by atoms with E-state index in [1.165, 1.54) is 0 Å². The minimum absolute atomic E-state index is 0.0250. The van der Waals surface area contributed by atoms with Gasteiger partial charge in [0.15, 0.2) is 0 Å². The molecule has 2 unspecified atom stereocenters. The van der Waals surface area contributed by atoms with Gasteiger partial charge in [0.05, 0.1) is 9.95 Å². The molecule has 0 saturated carbocycles. The fourth-order valence-corrected chi connectivity index (χ4v) is 2.86. The van der Waals surface area contributed by atoms with Gasteiger partial charge in [-0.3, -0.25) is 10.1 Å². The van der Waals surface area contributed by atoms with Crippen molar-refractivity contribution in [1.29, 1.82) is 0 Å². The van der Waals surface area contributed by atoms with Crippen LogP contribution in [0.25, 0.3) is 0 Å². The van der Waals surface area contributed by atoms with Crippen molar-refractivity contribution in [3.05, 3.63) is 33.1 Å². The lowest BCUT2D eigenvalue weighted by Crippen LogP contribution is -2.49. The first-order valence-electron chi connectivity index (χ1n) is 6.57. The van der Waals surface area contributed by atoms with Crippen molar-refractivity contribution in [2.24, 2.45) is 5.73 Å². The summed E-state index contributed by atoms with van der Waals surface area (Å²) in [4.78, 5) is 12.5. The summed E-state index contributed by atoms with van der Waals surface area (Å²) >= 11 is 5.65. The molecule has 0 bridgehead atoms. The summed E-state index contributed by atoms with van der Waals surface area (Å²) in [6, 6.07) is 2.04. The Bertz CT molecular complexity index is 525. The standard InChI is InChI=1S/C13H17ClFN3O2/c1-8(16)11-4-2-3-5-17(11)12-7-10(15)9(14)6-13(12)18(19)20/h6-8,11H,2-5,16H2,1H3. The van der Waals surface area contributed by atoms with E-state index in [1.54, 1.807) is 0 Å². The molecule has 0 spiro atoms. The second-order valence-corrected chi connectivity index (χ2v) is 5.53. The van der Waals surface area contributed by atoms with Gasteiger partial charge in [-0.1, -0.05) is 11.6 Å². The number of nitrogens with two attached hydrogens (primary N) is 1. The first-order valence-corrected chi connectivity index (χ1v) is 6.95. The molecular formula is C13H17ClFN3O2. The van der Waals surface area contributed by atoms with Crippen LogP contribution in [0.4, 0.5) is 15.8 Å². The maximum atomic E-state index is 13.7. The zero-order valence-electron chi connectivity index (χ0n) is 11.2. The van der Waals surface area contributed by atoms with Gasteiger partial charge in [-0.2, -0.15) is 0 Å². The highest BCUT2D eigenvalue weighted by Crippen LogP contribution is 2.36. The SMILES string of the molecule is CC(N)C1CCCCN1c1cc(F)c(Cl)cc1[N+](=O)[O-]. The van der Waals surface area contributed by atoms with Crippen molar-refractivity contribution in [3.63, 3.8) is 0 Å². The van der Waals surface area contributed by atoms with Crippen LogP contribution in [-0.2, 0) is 0 Å². The number of piperidine rings is 1. The van der Waals surface area contributed by atoms with E-state index < -0.39 is 10.7 Å². The number of nitro benzene ring substituents is 1. The molecule has 0 aliphatic carbocycles. The summed E-state index contributed by atoms with van der Waals surface area (Å²) < 4.78 is 13.7. The third-order valence-electron chi connectivity index (χ3n) is 3.68. The molecule has 1 aromatic rings. The van der Waals surface area contributed by atoms with E-state index in [2.05, 4.69) is 0 Å². The number of rotatable bonds is 3. The van der Waals surface area contributed by atoms with Gasteiger partial charge < -0.3 is 10.6 Å². The number of nitro groups is 1. The number of hydrogen-bond donors (Lipinski definition) is 1. The van der Waals surface area contributed by atoms with Gasteiger partial charge in [-0.05, 0) is 26.2 Å². The number of nitrogens with zero attached hydrogens (tertiary/aromatic N) is 2. The molecule has 0 radical (unpaired) electrons. The van der Waals surface area contributed by atoms with Crippen molar-refractivity contribution < 1.29 is 9.31 Å². The summed E-state index contributed by atoms with van der Waals surface area (Å²) in [5.74, 6) is -0.652. The molecule has 1 aromatic carbocycles. The number of benzene rings is 1. The normalized spacial score (nSPS) is 20.8. The highest BCUT2D eigenvalue weighted by atomic mass is 35.5. The Kier molecular flexibility index (Phi) is 4.45. The molecule has 2 N–H and O–H groups in total. The van der Waals surface area contributed by atoms with E-state index in [9.17, 15) is 14.5 Å². The molecule has 5 nitrogen and oxygen atoms in total. The van der Waals surface area contributed by atoms with Crippen molar-refractivity contribution in [2.45, 2.75) is 38.3 Å². The summed E-state index contributed by atoms with van der Waals surface area (Å²) in [5, 5.41) is 10.9. The molecule has 1 fully saturated rings. The molecule has 110 valence electrons. The minimum Gasteiger partial charge on any atom is -0.361 e. The van der Waals surface area contributed by atoms with E-state index in [0.29, 0.717) is 6.54 Å². The van der Waals surface area contributed by atoms with Gasteiger partial charge in [-0.15, -0.1) is 0 Å². The van der Waals surface area contributed by atoms with E-state index in [-0.39, 0.29) is 28.5 Å². The second-order valence-electron chi connectivity index (χ2n) is 5.13. The van der Waals surface area contributed by atoms with Gasteiger partial charge in [0.2, 0.25) is 0 Å². The summed E-state index contributed by atoms with van der Waals surface area (Å²) in [6.07, 6.45) is 2.77. The van der Waals surface area contributed by atoms with Crippen molar-refractivity contribution in [2.75, 3.05) is 11.4 Å². The Hall–Kier alpha value is -1.40. The second kappa shape index (κ2) is 5.93. The Labute approximate surface area is 121 Å². The Morgan fingerprint density at radius 3 is 2.85 bits per heavy atom. The lowest BCUT2D eigenvalue weighted by atomic mass is 9.96. The average molecular weight is 302 g/mol. The molecule has 1 heterocycles. The third-order valence-corrected chi connectivity index (χ3v) is 3.97. The highest BCUT2D eigenvalue weighted by Gasteiger charge is 2.31. The first-order chi connectivity index (χ1) is 9.41. The molecule has 2 rings (SSSR count). The fraction of sp³-hybridized carbons (Fsp3) is 0.538. The zero-order chi connectivity index (χ0) is 14.9. The van der Waals surface area contributed by atoms with Crippen LogP contribution < -0.4 is 10.6 Å². The molecule has 7 heteroatoms. The Morgan fingerprint density at radius 2 is 2.25 bits per heavy atom. The Balaban J connectivity index is 2.49. The maximum Gasteiger partial charge on any atom is 0.294 e. The van der Waals surface area contributed by atoms with Crippen LogP contribution in [0.2, 0.25) is 5.02 Å². The number of hydrogen-bond acceptors (Lipinski definition) is 4. The van der Waals surface area contributed by atoms with Crippen LogP contribution >= 0.6 is 11.6 Å². The zero-order valence-corrected chi connectivity index (χ0v) is 11.9. The highest BCUT2D eigenvalue weighted by molar-refractivity contribution is 6.31. The lowest BCUT2D eigenvalue weighted by Gasteiger charge is -2.39. The van der Waals surface area contributed by atoms with Crippen molar-refractivity contribution in [3.8, 4) is 0 Å². The predicted molar refractivity (Wildman–Crippen MR) is 76.7 cm³/mol. The molecule has 1 aliphatic rings. The molecule has 2 atom stereocenters. The Morgan fingerprint density at radius 1 is 1.55 bits per heavy atom. The fourth-order valence-electron chi connectivity index (χ4n) is 2.71. The number of anilines is 1. The molecule has 0 amide bonds. The van der Waals surface area contributed by atoms with Crippen molar-refractivity contribution in [1.82, 2.24) is 0 Å². The molecule has 1 saturated heterocycles. The van der Waals surface area contributed by atoms with Crippen LogP contribution in [-0.4, -0.2) is 23.6 Å². The van der Waals surface area contributed by atoms with Gasteiger partial charge in [-0.25, -0.2) is 4.39 Å². The van der Waals surface area contributed by atoms with Crippen LogP contribution in [0.5, 0.6) is 0 Å². The third kappa shape index (κ3) is 2.86. The van der Waals surface area contributed by atoms with Gasteiger partial charge >= 0.3 is 0 Å². The average Bonchev–Trinajstić information content (AvgIpc) is 2.41. The maximum absolute atomic E-state index is 13.7. The molecule has 0 aromatic heterocycles. The van der Waals surface area contributed by atoms with Crippen molar-refractivity contribution >= 4 is 23.0 Å². The topological polar surface area (TPSA) is 72.4 Å². The van der Waals surface area contributed by atoms with E-state index in [4.69, 9.17) is 17.3 Å². The molecular weight excluding hydrogens is 285 g/mol. The number of halogens is 2. The predicted octanol–water partition coefficient (Wildman–Crippen LogP) is 3.09. The summed E-state index contributed by atoms with van der Waals surface area (Å²) in [7, 11) is 0. The van der Waals surface area contributed by atoms with Crippen LogP contribution in [0, 0.1) is 15.9 Å². The van der Waals surface area contributed by atoms with Crippen LogP contribution in [0.1, 0.15) is 26.2 Å². The van der Waals surface area contributed by atoms with Crippen LogP contribution in [0.3, 0.4) is 0 Å². The summed E-state index contributed by atoms with van der Waals surface area (Å²) in [6.45, 7) is 2.50. The van der Waals surface area contributed by atoms with E-state index in [0.717, 1.165) is 31.4 Å². The first kappa shape index (κ1) is 15.0. The molecule has 20 heavy (non-hydrogen) atoms. The van der Waals surface area contributed by atoms with Gasteiger partial charge in [0.1, 0.15) is 11.5 Å². The van der Waals surface area contributed by atoms with Gasteiger partial charge in [0, 0.05) is 30.8 Å². The molecule has 1 aliphatic heterocycles. The van der Waals surface area contributed by atoms with E-state index >= 15 is 0 Å². The smallest absolute Gasteiger partial charge is 0.294 e. The quantitative estimate of drug-likeness (QED) is 0.688. The lowest BCUT2D eigenvalue weighted by molar-refractivity contribution is -0.384. The van der Waals surface area contributed by atoms with Gasteiger partial charge in [0.25, 0.3) is 5.69 Å². The van der Waals surface area contributed by atoms with Crippen LogP contribution in [0.15, 0.2) is 12.1 Å². The largest absolute Gasteiger partial charge is 0.361 e. The monoisotopic (exact) mass is 301 g/mol.